The van der Waals surface area contributed by atoms with Crippen LogP contribution in [-0.4, -0.2) is 73.6 Å². The maximum Gasteiger partial charge on any atom is 0.284 e. The summed E-state index contributed by atoms with van der Waals surface area (Å²) in [4.78, 5) is 20.6. The predicted octanol–water partition coefficient (Wildman–Crippen LogP) is 0.869. The Morgan fingerprint density at radius 2 is 2.12 bits per heavy atom. The second kappa shape index (κ2) is 10.1. The number of aliphatic imine (C=N–C) groups is 1. The number of nitrogens with one attached hydrogen (secondary N) is 1. The van der Waals surface area contributed by atoms with Gasteiger partial charge in [0.2, 0.25) is 0 Å². The standard InChI is InChI=1S/C17H27N5O3.HI/c1-2-19-17(20-11-14-3-4-15(25-14)16(18)23)22-6-5-13(12-22)21-7-9-24-10-8-21;/h3-4,13H,2,5-12H2,1H3,(H2,18,23)(H,19,20);1H. The molecule has 1 atom stereocenters. The van der Waals surface area contributed by atoms with Crippen molar-refractivity contribution in [3.63, 3.8) is 0 Å². The first-order valence-electron chi connectivity index (χ1n) is 8.91. The predicted molar refractivity (Wildman–Crippen MR) is 110 cm³/mol. The van der Waals surface area contributed by atoms with Gasteiger partial charge in [0.15, 0.2) is 11.7 Å². The highest BCUT2D eigenvalue weighted by Crippen LogP contribution is 2.17. The maximum absolute atomic E-state index is 11.1. The van der Waals surface area contributed by atoms with Gasteiger partial charge in [0.05, 0.1) is 13.2 Å². The summed E-state index contributed by atoms with van der Waals surface area (Å²) in [7, 11) is 0. The Balaban J connectivity index is 0.00000243. The SMILES string of the molecule is CCNC(=NCc1ccc(C(N)=O)o1)N1CCC(N2CCOCC2)C1.I. The number of ether oxygens (including phenoxy) is 1. The Bertz CT molecular complexity index is 615. The van der Waals surface area contributed by atoms with E-state index in [1.807, 2.05) is 0 Å². The molecule has 2 saturated heterocycles. The minimum absolute atomic E-state index is 0. The van der Waals surface area contributed by atoms with Crippen LogP contribution in [0, 0.1) is 0 Å². The molecule has 3 N–H and O–H groups in total. The van der Waals surface area contributed by atoms with E-state index in [-0.39, 0.29) is 29.7 Å². The van der Waals surface area contributed by atoms with Gasteiger partial charge < -0.3 is 25.1 Å². The number of hydrogen-bond donors (Lipinski definition) is 2. The fourth-order valence-corrected chi connectivity index (χ4v) is 3.35. The van der Waals surface area contributed by atoms with Crippen LogP contribution in [0.2, 0.25) is 0 Å². The first kappa shape index (κ1) is 21.0. The third-order valence-corrected chi connectivity index (χ3v) is 4.65. The molecule has 3 rings (SSSR count). The smallest absolute Gasteiger partial charge is 0.284 e. The highest BCUT2D eigenvalue weighted by molar-refractivity contribution is 14.0. The molecule has 0 aromatic carbocycles. The first-order valence-corrected chi connectivity index (χ1v) is 8.91. The van der Waals surface area contributed by atoms with Gasteiger partial charge in [-0.3, -0.25) is 9.69 Å². The lowest BCUT2D eigenvalue weighted by atomic mass is 10.2. The average Bonchev–Trinajstić information content (AvgIpc) is 3.29. The van der Waals surface area contributed by atoms with E-state index in [2.05, 4.69) is 27.0 Å². The molecule has 1 aromatic rings. The lowest BCUT2D eigenvalue weighted by Crippen LogP contribution is -2.46. The fraction of sp³-hybridized carbons (Fsp3) is 0.647. The van der Waals surface area contributed by atoms with E-state index in [4.69, 9.17) is 14.9 Å². The van der Waals surface area contributed by atoms with Crippen LogP contribution in [0.4, 0.5) is 0 Å². The molecule has 2 aliphatic heterocycles. The van der Waals surface area contributed by atoms with Gasteiger partial charge in [0.25, 0.3) is 5.91 Å². The summed E-state index contributed by atoms with van der Waals surface area (Å²) < 4.78 is 10.8. The van der Waals surface area contributed by atoms with Crippen LogP contribution in [0.5, 0.6) is 0 Å². The van der Waals surface area contributed by atoms with Gasteiger partial charge in [0, 0.05) is 38.8 Å². The third kappa shape index (κ3) is 5.34. The summed E-state index contributed by atoms with van der Waals surface area (Å²) in [5.74, 6) is 1.13. The summed E-state index contributed by atoms with van der Waals surface area (Å²) in [6, 6.07) is 3.88. The van der Waals surface area contributed by atoms with E-state index in [0.717, 1.165) is 58.3 Å². The molecule has 1 amide bonds. The zero-order valence-electron chi connectivity index (χ0n) is 15.1. The third-order valence-electron chi connectivity index (χ3n) is 4.65. The van der Waals surface area contributed by atoms with Crippen LogP contribution in [0.3, 0.4) is 0 Å². The molecular formula is C17H28IN5O3. The van der Waals surface area contributed by atoms with Crippen LogP contribution < -0.4 is 11.1 Å². The molecule has 2 aliphatic rings. The van der Waals surface area contributed by atoms with Crippen molar-refractivity contribution in [1.29, 1.82) is 0 Å². The lowest BCUT2D eigenvalue weighted by molar-refractivity contribution is 0.0195. The Morgan fingerprint density at radius 1 is 1.35 bits per heavy atom. The molecule has 0 aliphatic carbocycles. The van der Waals surface area contributed by atoms with Gasteiger partial charge in [-0.05, 0) is 25.5 Å². The Kier molecular flexibility index (Phi) is 8.16. The molecule has 2 fully saturated rings. The highest BCUT2D eigenvalue weighted by atomic mass is 127. The fourth-order valence-electron chi connectivity index (χ4n) is 3.35. The number of nitrogens with zero attached hydrogens (tertiary/aromatic N) is 3. The van der Waals surface area contributed by atoms with Gasteiger partial charge in [-0.2, -0.15) is 0 Å². The molecule has 0 saturated carbocycles. The number of halogens is 1. The van der Waals surface area contributed by atoms with E-state index in [1.165, 1.54) is 0 Å². The molecule has 8 nitrogen and oxygen atoms in total. The second-order valence-corrected chi connectivity index (χ2v) is 6.34. The number of rotatable bonds is 5. The summed E-state index contributed by atoms with van der Waals surface area (Å²) >= 11 is 0. The molecule has 146 valence electrons. The van der Waals surface area contributed by atoms with Crippen LogP contribution >= 0.6 is 24.0 Å². The molecule has 0 spiro atoms. The van der Waals surface area contributed by atoms with Crippen molar-refractivity contribution in [3.8, 4) is 0 Å². The number of carbonyl (C=O) groups is 1. The van der Waals surface area contributed by atoms with E-state index in [0.29, 0.717) is 18.3 Å². The maximum atomic E-state index is 11.1. The van der Waals surface area contributed by atoms with Crippen molar-refractivity contribution in [1.82, 2.24) is 15.1 Å². The number of nitrogens with two attached hydrogens (primary N) is 1. The normalized spacial score (nSPS) is 21.5. The molecule has 0 bridgehead atoms. The molecule has 3 heterocycles. The minimum atomic E-state index is -0.560. The zero-order chi connectivity index (χ0) is 17.6. The Hall–Kier alpha value is -1.33. The van der Waals surface area contributed by atoms with Crippen LogP contribution in [0.1, 0.15) is 29.7 Å². The molecule has 26 heavy (non-hydrogen) atoms. The lowest BCUT2D eigenvalue weighted by Gasteiger charge is -2.32. The number of amides is 1. The van der Waals surface area contributed by atoms with Crippen molar-refractivity contribution < 1.29 is 13.9 Å². The van der Waals surface area contributed by atoms with Gasteiger partial charge in [-0.25, -0.2) is 4.99 Å². The van der Waals surface area contributed by atoms with Crippen molar-refractivity contribution >= 4 is 35.8 Å². The largest absolute Gasteiger partial charge is 0.454 e. The van der Waals surface area contributed by atoms with Crippen LogP contribution in [-0.2, 0) is 11.3 Å². The molecule has 9 heteroatoms. The average molecular weight is 477 g/mol. The van der Waals surface area contributed by atoms with Gasteiger partial charge >= 0.3 is 0 Å². The number of carbonyl (C=O) groups excluding carboxylic acids is 1. The van der Waals surface area contributed by atoms with Crippen molar-refractivity contribution in [3.05, 3.63) is 23.7 Å². The molecule has 1 aromatic heterocycles. The first-order chi connectivity index (χ1) is 12.2. The van der Waals surface area contributed by atoms with E-state index >= 15 is 0 Å². The topological polar surface area (TPSA) is 96.3 Å². The van der Waals surface area contributed by atoms with E-state index < -0.39 is 5.91 Å². The monoisotopic (exact) mass is 477 g/mol. The Labute approximate surface area is 171 Å². The number of morpholine rings is 1. The van der Waals surface area contributed by atoms with Crippen molar-refractivity contribution in [2.75, 3.05) is 45.9 Å². The quantitative estimate of drug-likeness (QED) is 0.371. The van der Waals surface area contributed by atoms with Crippen LogP contribution in [0.25, 0.3) is 0 Å². The number of guanidine groups is 1. The second-order valence-electron chi connectivity index (χ2n) is 6.34. The molecule has 0 radical (unpaired) electrons. The van der Waals surface area contributed by atoms with Crippen LogP contribution in [0.15, 0.2) is 21.5 Å². The summed E-state index contributed by atoms with van der Waals surface area (Å²) in [6.45, 7) is 8.87. The summed E-state index contributed by atoms with van der Waals surface area (Å²) in [5, 5.41) is 3.35. The van der Waals surface area contributed by atoms with Gasteiger partial charge in [-0.15, -0.1) is 24.0 Å². The molecule has 1 unspecified atom stereocenters. The van der Waals surface area contributed by atoms with E-state index in [1.54, 1.807) is 12.1 Å². The summed E-state index contributed by atoms with van der Waals surface area (Å²) in [6.07, 6.45) is 1.14. The van der Waals surface area contributed by atoms with E-state index in [9.17, 15) is 4.79 Å². The van der Waals surface area contributed by atoms with Crippen molar-refractivity contribution in [2.24, 2.45) is 10.7 Å². The minimum Gasteiger partial charge on any atom is -0.454 e. The number of hydrogen-bond acceptors (Lipinski definition) is 5. The highest BCUT2D eigenvalue weighted by Gasteiger charge is 2.30. The number of furan rings is 1. The summed E-state index contributed by atoms with van der Waals surface area (Å²) in [5.41, 5.74) is 5.21. The molecular weight excluding hydrogens is 449 g/mol. The van der Waals surface area contributed by atoms with Gasteiger partial charge in [0.1, 0.15) is 12.3 Å². The van der Waals surface area contributed by atoms with Gasteiger partial charge in [-0.1, -0.05) is 0 Å². The number of likely N-dealkylation sites (tertiary alicyclic amines) is 1. The Morgan fingerprint density at radius 3 is 2.77 bits per heavy atom. The van der Waals surface area contributed by atoms with Crippen molar-refractivity contribution in [2.45, 2.75) is 25.9 Å². The zero-order valence-corrected chi connectivity index (χ0v) is 17.5. The number of primary amides is 1.